The van der Waals surface area contributed by atoms with Crippen molar-refractivity contribution in [2.75, 3.05) is 20.3 Å². The molecule has 0 amide bonds. The minimum Gasteiger partial charge on any atom is -0.400 e. The second-order valence-corrected chi connectivity index (χ2v) is 4.88. The maximum atomic E-state index is 5.57. The van der Waals surface area contributed by atoms with Crippen molar-refractivity contribution in [1.82, 2.24) is 0 Å². The number of rotatable bonds is 8. The van der Waals surface area contributed by atoms with E-state index in [4.69, 9.17) is 18.6 Å². The van der Waals surface area contributed by atoms with E-state index in [0.717, 1.165) is 19.3 Å². The third kappa shape index (κ3) is 5.72. The number of methoxy groups -OCH3 is 1. The molecule has 0 bridgehead atoms. The largest absolute Gasteiger partial charge is 0.400 e. The minimum atomic E-state index is -0.510. The standard InChI is InChI=1S/C9H20O4Si/c1-7(11-4-9-5-12-9)6-14-13-8(2)10-3/h7-9H,4-6,14H2,1-3H3. The van der Waals surface area contributed by atoms with Crippen LogP contribution < -0.4 is 0 Å². The summed E-state index contributed by atoms with van der Waals surface area (Å²) in [6.45, 7) is 5.59. The molecule has 0 aromatic rings. The maximum Gasteiger partial charge on any atom is 0.167 e. The second-order valence-electron chi connectivity index (χ2n) is 3.56. The SMILES string of the molecule is COC(C)O[SiH2]CC(C)OCC1CO1. The molecule has 0 spiro atoms. The van der Waals surface area contributed by atoms with Gasteiger partial charge < -0.3 is 18.6 Å². The summed E-state index contributed by atoms with van der Waals surface area (Å²) in [6, 6.07) is 1.03. The van der Waals surface area contributed by atoms with Crippen LogP contribution in [0.25, 0.3) is 0 Å². The first-order valence-corrected chi connectivity index (χ1v) is 6.67. The van der Waals surface area contributed by atoms with Crippen LogP contribution in [-0.2, 0) is 18.6 Å². The van der Waals surface area contributed by atoms with E-state index in [1.807, 2.05) is 6.92 Å². The molecule has 0 aliphatic carbocycles. The number of epoxide rings is 1. The summed E-state index contributed by atoms with van der Waals surface area (Å²) >= 11 is 0. The fraction of sp³-hybridized carbons (Fsp3) is 1.00. The van der Waals surface area contributed by atoms with Gasteiger partial charge in [0.1, 0.15) is 12.4 Å². The summed E-state index contributed by atoms with van der Waals surface area (Å²) in [5.74, 6) is 0. The first kappa shape index (κ1) is 12.1. The smallest absolute Gasteiger partial charge is 0.167 e. The van der Waals surface area contributed by atoms with Gasteiger partial charge in [-0.1, -0.05) is 0 Å². The van der Waals surface area contributed by atoms with Gasteiger partial charge in [0.15, 0.2) is 9.76 Å². The Morgan fingerprint density at radius 2 is 2.21 bits per heavy atom. The van der Waals surface area contributed by atoms with Gasteiger partial charge in [-0.3, -0.25) is 0 Å². The van der Waals surface area contributed by atoms with Crippen LogP contribution in [0.2, 0.25) is 6.04 Å². The van der Waals surface area contributed by atoms with Crippen molar-refractivity contribution in [2.24, 2.45) is 0 Å². The van der Waals surface area contributed by atoms with Crippen molar-refractivity contribution in [3.63, 3.8) is 0 Å². The van der Waals surface area contributed by atoms with Crippen LogP contribution >= 0.6 is 0 Å². The third-order valence-electron chi connectivity index (χ3n) is 2.18. The van der Waals surface area contributed by atoms with E-state index in [1.165, 1.54) is 0 Å². The van der Waals surface area contributed by atoms with E-state index in [9.17, 15) is 0 Å². The minimum absolute atomic E-state index is 0.0689. The molecule has 0 N–H and O–H groups in total. The number of ether oxygens (including phenoxy) is 3. The van der Waals surface area contributed by atoms with Crippen LogP contribution in [0.1, 0.15) is 13.8 Å². The molecule has 0 radical (unpaired) electrons. The normalized spacial score (nSPS) is 25.5. The Morgan fingerprint density at radius 3 is 2.79 bits per heavy atom. The fourth-order valence-corrected chi connectivity index (χ4v) is 2.09. The molecule has 14 heavy (non-hydrogen) atoms. The molecule has 5 heteroatoms. The van der Waals surface area contributed by atoms with E-state index in [0.29, 0.717) is 6.10 Å². The Labute approximate surface area is 87.8 Å². The lowest BCUT2D eigenvalue weighted by Gasteiger charge is -2.14. The lowest BCUT2D eigenvalue weighted by Crippen LogP contribution is -2.19. The summed E-state index contributed by atoms with van der Waals surface area (Å²) in [5, 5.41) is 0. The van der Waals surface area contributed by atoms with Gasteiger partial charge in [0.2, 0.25) is 0 Å². The molecule has 84 valence electrons. The molecule has 0 aromatic heterocycles. The van der Waals surface area contributed by atoms with Crippen LogP contribution in [0, 0.1) is 0 Å². The van der Waals surface area contributed by atoms with Crippen molar-refractivity contribution in [3.8, 4) is 0 Å². The number of hydrogen-bond acceptors (Lipinski definition) is 4. The summed E-state index contributed by atoms with van der Waals surface area (Å²) in [4.78, 5) is 0. The molecule has 1 fully saturated rings. The summed E-state index contributed by atoms with van der Waals surface area (Å²) in [6.07, 6.45) is 0.577. The predicted molar refractivity (Wildman–Crippen MR) is 56.1 cm³/mol. The van der Waals surface area contributed by atoms with Crippen molar-refractivity contribution in [3.05, 3.63) is 0 Å². The zero-order valence-electron chi connectivity index (χ0n) is 9.19. The van der Waals surface area contributed by atoms with Crippen molar-refractivity contribution >= 4 is 9.76 Å². The molecule has 4 nitrogen and oxygen atoms in total. The summed E-state index contributed by atoms with van der Waals surface area (Å²) in [5.41, 5.74) is 0. The molecule has 0 aromatic carbocycles. The Bertz CT molecular complexity index is 152. The highest BCUT2D eigenvalue weighted by Crippen LogP contribution is 2.11. The van der Waals surface area contributed by atoms with Crippen molar-refractivity contribution in [2.45, 2.75) is 38.4 Å². The van der Waals surface area contributed by atoms with Crippen LogP contribution in [0.3, 0.4) is 0 Å². The predicted octanol–water partition coefficient (Wildman–Crippen LogP) is 0.301. The fourth-order valence-electron chi connectivity index (χ4n) is 0.987. The van der Waals surface area contributed by atoms with Crippen LogP contribution in [-0.4, -0.2) is 48.6 Å². The van der Waals surface area contributed by atoms with Gasteiger partial charge in [0, 0.05) is 7.11 Å². The molecule has 1 heterocycles. The van der Waals surface area contributed by atoms with Crippen molar-refractivity contribution in [1.29, 1.82) is 0 Å². The van der Waals surface area contributed by atoms with Gasteiger partial charge >= 0.3 is 0 Å². The summed E-state index contributed by atoms with van der Waals surface area (Å²) in [7, 11) is 1.15. The zero-order valence-corrected chi connectivity index (χ0v) is 10.6. The average molecular weight is 220 g/mol. The molecule has 1 aliphatic heterocycles. The third-order valence-corrected chi connectivity index (χ3v) is 3.93. The Balaban J connectivity index is 1.88. The second kappa shape index (κ2) is 6.52. The monoisotopic (exact) mass is 220 g/mol. The molecular weight excluding hydrogens is 200 g/mol. The van der Waals surface area contributed by atoms with E-state index in [2.05, 4.69) is 6.92 Å². The highest BCUT2D eigenvalue weighted by molar-refractivity contribution is 6.27. The van der Waals surface area contributed by atoms with Gasteiger partial charge in [0.25, 0.3) is 0 Å². The Hall–Kier alpha value is 0.0569. The van der Waals surface area contributed by atoms with E-state index < -0.39 is 9.76 Å². The van der Waals surface area contributed by atoms with Gasteiger partial charge in [-0.25, -0.2) is 0 Å². The van der Waals surface area contributed by atoms with E-state index in [1.54, 1.807) is 7.11 Å². The topological polar surface area (TPSA) is 40.2 Å². The zero-order chi connectivity index (χ0) is 10.4. The van der Waals surface area contributed by atoms with E-state index >= 15 is 0 Å². The lowest BCUT2D eigenvalue weighted by molar-refractivity contribution is -0.0387. The van der Waals surface area contributed by atoms with Gasteiger partial charge in [-0.15, -0.1) is 0 Å². The van der Waals surface area contributed by atoms with Crippen LogP contribution in [0.4, 0.5) is 0 Å². The average Bonchev–Trinajstić information content (AvgIpc) is 2.98. The lowest BCUT2D eigenvalue weighted by atomic mass is 10.4. The molecular formula is C9H20O4Si. The molecule has 0 saturated carbocycles. The molecule has 3 atom stereocenters. The van der Waals surface area contributed by atoms with Gasteiger partial charge in [-0.05, 0) is 19.9 Å². The van der Waals surface area contributed by atoms with Crippen LogP contribution in [0.15, 0.2) is 0 Å². The highest BCUT2D eigenvalue weighted by atomic mass is 28.2. The van der Waals surface area contributed by atoms with Gasteiger partial charge in [0.05, 0.1) is 19.3 Å². The highest BCUT2D eigenvalue weighted by Gasteiger charge is 2.23. The van der Waals surface area contributed by atoms with Crippen LogP contribution in [0.5, 0.6) is 0 Å². The molecule has 1 rings (SSSR count). The Morgan fingerprint density at radius 1 is 1.50 bits per heavy atom. The first-order chi connectivity index (χ1) is 6.72. The van der Waals surface area contributed by atoms with Crippen molar-refractivity contribution < 1.29 is 18.6 Å². The first-order valence-electron chi connectivity index (χ1n) is 5.10. The molecule has 1 aliphatic rings. The molecule has 1 saturated heterocycles. The quantitative estimate of drug-likeness (QED) is 0.335. The number of hydrogen-bond donors (Lipinski definition) is 0. The molecule has 3 unspecified atom stereocenters. The maximum absolute atomic E-state index is 5.57. The summed E-state index contributed by atoms with van der Waals surface area (Å²) < 4.78 is 21.1. The van der Waals surface area contributed by atoms with Gasteiger partial charge in [-0.2, -0.15) is 0 Å². The van der Waals surface area contributed by atoms with E-state index in [-0.39, 0.29) is 12.4 Å². The Kier molecular flexibility index (Phi) is 5.65.